The molecule has 4 nitrogen and oxygen atoms in total. The third-order valence-corrected chi connectivity index (χ3v) is 5.28. The predicted octanol–water partition coefficient (Wildman–Crippen LogP) is 3.86. The zero-order valence-electron chi connectivity index (χ0n) is 10.4. The molecule has 0 saturated heterocycles. The maximum Gasteiger partial charge on any atom is 0.261 e. The standard InChI is InChI=1S/C13H11BrINO3S/c1-19-13-7-6-11(8-12(13)15)20(17,18)16-10-4-2-9(14)3-5-10/h2-8,16H,1H3. The molecule has 0 aromatic heterocycles. The second-order valence-electron chi connectivity index (χ2n) is 3.91. The highest BCUT2D eigenvalue weighted by Gasteiger charge is 2.15. The van der Waals surface area contributed by atoms with E-state index >= 15 is 0 Å². The molecular formula is C13H11BrINO3S. The first-order valence-electron chi connectivity index (χ1n) is 5.54. The van der Waals surface area contributed by atoms with Crippen molar-refractivity contribution in [1.29, 1.82) is 0 Å². The van der Waals surface area contributed by atoms with E-state index in [-0.39, 0.29) is 4.90 Å². The smallest absolute Gasteiger partial charge is 0.261 e. The van der Waals surface area contributed by atoms with Crippen molar-refractivity contribution in [3.05, 3.63) is 50.5 Å². The molecule has 0 aliphatic heterocycles. The molecule has 2 rings (SSSR count). The topological polar surface area (TPSA) is 55.4 Å². The molecule has 0 heterocycles. The van der Waals surface area contributed by atoms with Crippen LogP contribution < -0.4 is 9.46 Å². The van der Waals surface area contributed by atoms with Gasteiger partial charge in [-0.25, -0.2) is 8.42 Å². The largest absolute Gasteiger partial charge is 0.496 e. The number of hydrogen-bond acceptors (Lipinski definition) is 3. The lowest BCUT2D eigenvalue weighted by atomic mass is 10.3. The molecule has 0 fully saturated rings. The van der Waals surface area contributed by atoms with Crippen molar-refractivity contribution in [3.8, 4) is 5.75 Å². The summed E-state index contributed by atoms with van der Waals surface area (Å²) < 4.78 is 33.8. The summed E-state index contributed by atoms with van der Waals surface area (Å²) in [6.07, 6.45) is 0. The molecule has 0 unspecified atom stereocenters. The second kappa shape index (κ2) is 6.31. The third kappa shape index (κ3) is 3.64. The minimum atomic E-state index is -3.60. The fourth-order valence-corrected chi connectivity index (χ4v) is 3.84. The van der Waals surface area contributed by atoms with Crippen molar-refractivity contribution < 1.29 is 13.2 Å². The molecule has 0 atom stereocenters. The highest BCUT2D eigenvalue weighted by molar-refractivity contribution is 14.1. The van der Waals surface area contributed by atoms with Crippen molar-refractivity contribution >= 4 is 54.2 Å². The number of hydrogen-bond donors (Lipinski definition) is 1. The molecule has 2 aromatic carbocycles. The van der Waals surface area contributed by atoms with Crippen molar-refractivity contribution in [2.45, 2.75) is 4.90 Å². The van der Waals surface area contributed by atoms with E-state index in [9.17, 15) is 8.42 Å². The second-order valence-corrected chi connectivity index (χ2v) is 7.67. The Hall–Kier alpha value is -0.800. The first-order chi connectivity index (χ1) is 9.42. The number of benzene rings is 2. The minimum Gasteiger partial charge on any atom is -0.496 e. The maximum absolute atomic E-state index is 12.3. The quantitative estimate of drug-likeness (QED) is 0.694. The Kier molecular flexibility index (Phi) is 4.92. The van der Waals surface area contributed by atoms with Gasteiger partial charge < -0.3 is 4.74 Å². The van der Waals surface area contributed by atoms with Crippen molar-refractivity contribution in [3.63, 3.8) is 0 Å². The molecule has 0 saturated carbocycles. The van der Waals surface area contributed by atoms with Gasteiger partial charge in [-0.3, -0.25) is 4.72 Å². The van der Waals surface area contributed by atoms with E-state index in [1.165, 1.54) is 6.07 Å². The SMILES string of the molecule is COc1ccc(S(=O)(=O)Nc2ccc(Br)cc2)cc1I. The van der Waals surface area contributed by atoms with Gasteiger partial charge in [-0.1, -0.05) is 15.9 Å². The lowest BCUT2D eigenvalue weighted by molar-refractivity contribution is 0.411. The first kappa shape index (κ1) is 15.6. The maximum atomic E-state index is 12.3. The van der Waals surface area contributed by atoms with Crippen LogP contribution in [-0.2, 0) is 10.0 Å². The summed E-state index contributed by atoms with van der Waals surface area (Å²) in [6, 6.07) is 11.7. The van der Waals surface area contributed by atoms with E-state index < -0.39 is 10.0 Å². The lowest BCUT2D eigenvalue weighted by Crippen LogP contribution is -2.13. The summed E-state index contributed by atoms with van der Waals surface area (Å²) in [7, 11) is -2.05. The summed E-state index contributed by atoms with van der Waals surface area (Å²) >= 11 is 5.34. The average molecular weight is 468 g/mol. The van der Waals surface area contributed by atoms with Crippen LogP contribution in [0.1, 0.15) is 0 Å². The number of anilines is 1. The Bertz CT molecular complexity index is 717. The number of sulfonamides is 1. The Morgan fingerprint density at radius 2 is 1.80 bits per heavy atom. The summed E-state index contributed by atoms with van der Waals surface area (Å²) in [4.78, 5) is 0.200. The van der Waals surface area contributed by atoms with Crippen LogP contribution in [0, 0.1) is 3.57 Å². The Labute approximate surface area is 139 Å². The van der Waals surface area contributed by atoms with Crippen LogP contribution in [0.2, 0.25) is 0 Å². The van der Waals surface area contributed by atoms with Crippen LogP contribution in [0.4, 0.5) is 5.69 Å². The van der Waals surface area contributed by atoms with E-state index in [1.54, 1.807) is 43.5 Å². The summed E-state index contributed by atoms with van der Waals surface area (Å²) in [5.74, 6) is 0.646. The van der Waals surface area contributed by atoms with E-state index in [4.69, 9.17) is 4.74 Å². The molecule has 2 aromatic rings. The van der Waals surface area contributed by atoms with Crippen molar-refractivity contribution in [2.75, 3.05) is 11.8 Å². The molecule has 0 aliphatic rings. The van der Waals surface area contributed by atoms with Gasteiger partial charge in [0.1, 0.15) is 5.75 Å². The van der Waals surface area contributed by atoms with Gasteiger partial charge in [0.15, 0.2) is 0 Å². The van der Waals surface area contributed by atoms with Gasteiger partial charge >= 0.3 is 0 Å². The molecule has 7 heteroatoms. The molecule has 0 spiro atoms. The molecular weight excluding hydrogens is 457 g/mol. The number of halogens is 2. The Morgan fingerprint density at radius 3 is 2.35 bits per heavy atom. The summed E-state index contributed by atoms with van der Waals surface area (Å²) in [6.45, 7) is 0. The third-order valence-electron chi connectivity index (χ3n) is 2.53. The summed E-state index contributed by atoms with van der Waals surface area (Å²) in [5.41, 5.74) is 0.513. The highest BCUT2D eigenvalue weighted by Crippen LogP contribution is 2.25. The van der Waals surface area contributed by atoms with Gasteiger partial charge in [0.2, 0.25) is 0 Å². The number of rotatable bonds is 4. The van der Waals surface area contributed by atoms with Crippen LogP contribution in [0.25, 0.3) is 0 Å². The van der Waals surface area contributed by atoms with Gasteiger partial charge in [0.25, 0.3) is 10.0 Å². The lowest BCUT2D eigenvalue weighted by Gasteiger charge is -2.10. The van der Waals surface area contributed by atoms with Crippen molar-refractivity contribution in [2.24, 2.45) is 0 Å². The molecule has 1 N–H and O–H groups in total. The van der Waals surface area contributed by atoms with Crippen LogP contribution in [-0.4, -0.2) is 15.5 Å². The Balaban J connectivity index is 2.30. The molecule has 106 valence electrons. The van der Waals surface area contributed by atoms with Gasteiger partial charge in [-0.2, -0.15) is 0 Å². The fraction of sp³-hybridized carbons (Fsp3) is 0.0769. The average Bonchev–Trinajstić information content (AvgIpc) is 2.41. The van der Waals surface area contributed by atoms with Crippen molar-refractivity contribution in [1.82, 2.24) is 0 Å². The number of ether oxygens (including phenoxy) is 1. The van der Waals surface area contributed by atoms with Crippen LogP contribution in [0.15, 0.2) is 51.8 Å². The molecule has 0 aliphatic carbocycles. The monoisotopic (exact) mass is 467 g/mol. The van der Waals surface area contributed by atoms with Gasteiger partial charge in [-0.15, -0.1) is 0 Å². The fourth-order valence-electron chi connectivity index (χ4n) is 1.55. The normalized spacial score (nSPS) is 11.2. The first-order valence-corrected chi connectivity index (χ1v) is 8.90. The van der Waals surface area contributed by atoms with Gasteiger partial charge in [-0.05, 0) is 65.1 Å². The minimum absolute atomic E-state index is 0.200. The molecule has 20 heavy (non-hydrogen) atoms. The van der Waals surface area contributed by atoms with E-state index in [2.05, 4.69) is 20.7 Å². The van der Waals surface area contributed by atoms with Crippen LogP contribution in [0.3, 0.4) is 0 Å². The van der Waals surface area contributed by atoms with Crippen LogP contribution >= 0.6 is 38.5 Å². The summed E-state index contributed by atoms with van der Waals surface area (Å²) in [5, 5.41) is 0. The highest BCUT2D eigenvalue weighted by atomic mass is 127. The van der Waals surface area contributed by atoms with Crippen LogP contribution in [0.5, 0.6) is 5.75 Å². The van der Waals surface area contributed by atoms with E-state index in [0.717, 1.165) is 8.04 Å². The van der Waals surface area contributed by atoms with Gasteiger partial charge in [0, 0.05) is 10.2 Å². The number of nitrogens with one attached hydrogen (secondary N) is 1. The molecule has 0 bridgehead atoms. The predicted molar refractivity (Wildman–Crippen MR) is 90.7 cm³/mol. The van der Waals surface area contributed by atoms with E-state index in [0.29, 0.717) is 11.4 Å². The van der Waals surface area contributed by atoms with Gasteiger partial charge in [0.05, 0.1) is 15.6 Å². The number of methoxy groups -OCH3 is 1. The molecule has 0 radical (unpaired) electrons. The zero-order valence-corrected chi connectivity index (χ0v) is 15.0. The zero-order chi connectivity index (χ0) is 14.8. The van der Waals surface area contributed by atoms with E-state index in [1.807, 2.05) is 22.6 Å². The molecule has 0 amide bonds. The Morgan fingerprint density at radius 1 is 1.15 bits per heavy atom.